The Balaban J connectivity index is 1.60. The van der Waals surface area contributed by atoms with E-state index in [0.717, 1.165) is 11.1 Å². The molecule has 2 N–H and O–H groups in total. The number of nitrogens with zero attached hydrogens (tertiary/aromatic N) is 4. The number of hydrogen-bond donors (Lipinski definition) is 1. The fourth-order valence-corrected chi connectivity index (χ4v) is 6.75. The number of likely N-dealkylation sites (tertiary alicyclic amines) is 1. The maximum absolute atomic E-state index is 13.4. The topological polar surface area (TPSA) is 126 Å². The van der Waals surface area contributed by atoms with Gasteiger partial charge >= 0.3 is 0 Å². The molecule has 0 spiro atoms. The van der Waals surface area contributed by atoms with Crippen molar-refractivity contribution < 1.29 is 16.8 Å². The molecule has 2 atom stereocenters. The Morgan fingerprint density at radius 1 is 0.872 bits per heavy atom. The molecule has 204 valence electrons. The largest absolute Gasteiger partial charge is 0.339 e. The van der Waals surface area contributed by atoms with Gasteiger partial charge in [0, 0.05) is 29.1 Å². The number of halogens is 2. The van der Waals surface area contributed by atoms with Crippen molar-refractivity contribution in [3.63, 3.8) is 0 Å². The first-order valence-corrected chi connectivity index (χ1v) is 15.9. The lowest BCUT2D eigenvalue weighted by atomic mass is 9.91. The molecule has 2 aliphatic rings. The molecule has 9 nitrogen and oxygen atoms in total. The zero-order valence-electron chi connectivity index (χ0n) is 20.6. The van der Waals surface area contributed by atoms with Crippen LogP contribution in [0.2, 0.25) is 10.0 Å². The van der Waals surface area contributed by atoms with Gasteiger partial charge in [0.1, 0.15) is 0 Å². The molecule has 2 heterocycles. The highest BCUT2D eigenvalue weighted by atomic mass is 35.5. The van der Waals surface area contributed by atoms with Crippen LogP contribution >= 0.6 is 23.2 Å². The minimum Gasteiger partial charge on any atom is -0.339 e. The summed E-state index contributed by atoms with van der Waals surface area (Å²) in [4.78, 5) is 1.56. The first-order chi connectivity index (χ1) is 18.5. The van der Waals surface area contributed by atoms with Crippen molar-refractivity contribution in [3.8, 4) is 0 Å². The molecular weight excluding hydrogens is 581 g/mol. The molecule has 0 aliphatic carbocycles. The number of hydrazone groups is 1. The summed E-state index contributed by atoms with van der Waals surface area (Å²) in [6.07, 6.45) is 0.239. The normalized spacial score (nSPS) is 20.4. The van der Waals surface area contributed by atoms with E-state index >= 15 is 0 Å². The van der Waals surface area contributed by atoms with Crippen LogP contribution in [0, 0.1) is 0 Å². The van der Waals surface area contributed by atoms with E-state index in [9.17, 15) is 16.8 Å². The van der Waals surface area contributed by atoms with Gasteiger partial charge in [-0.3, -0.25) is 0 Å². The minimum atomic E-state index is -4.20. The van der Waals surface area contributed by atoms with Crippen molar-refractivity contribution in [2.24, 2.45) is 14.6 Å². The molecule has 1 unspecified atom stereocenters. The highest BCUT2D eigenvalue weighted by Crippen LogP contribution is 2.31. The third kappa shape index (κ3) is 6.12. The lowest BCUT2D eigenvalue weighted by Crippen LogP contribution is -2.42. The van der Waals surface area contributed by atoms with Gasteiger partial charge in [-0.15, -0.1) is 4.40 Å². The van der Waals surface area contributed by atoms with E-state index < -0.39 is 25.3 Å². The molecule has 1 fully saturated rings. The van der Waals surface area contributed by atoms with Gasteiger partial charge in [0.2, 0.25) is 16.0 Å². The first-order valence-electron chi connectivity index (χ1n) is 12.1. The Morgan fingerprint density at radius 3 is 2.08 bits per heavy atom. The van der Waals surface area contributed by atoms with Gasteiger partial charge in [0.05, 0.1) is 22.4 Å². The summed E-state index contributed by atoms with van der Waals surface area (Å²) in [5.41, 5.74) is 2.51. The molecule has 5 rings (SSSR count). The Hall–Kier alpha value is -2.96. The number of nitrogens with two attached hydrogens (primary N) is 1. The van der Waals surface area contributed by atoms with Crippen LogP contribution in [0.1, 0.15) is 23.5 Å². The predicted octanol–water partition coefficient (Wildman–Crippen LogP) is 3.90. The number of hydrogen-bond acceptors (Lipinski definition) is 5. The molecule has 3 aromatic carbocycles. The molecule has 0 saturated carbocycles. The number of benzene rings is 3. The van der Waals surface area contributed by atoms with Crippen molar-refractivity contribution in [3.05, 3.63) is 100 Å². The molecular formula is C26H25Cl2N5O4S2. The van der Waals surface area contributed by atoms with Crippen LogP contribution in [-0.4, -0.2) is 63.3 Å². The highest BCUT2D eigenvalue weighted by molar-refractivity contribution is 7.90. The zero-order valence-corrected chi connectivity index (χ0v) is 23.7. The molecule has 0 bridgehead atoms. The fourth-order valence-electron chi connectivity index (χ4n) is 4.67. The van der Waals surface area contributed by atoms with Gasteiger partial charge in [-0.2, -0.15) is 13.5 Å². The van der Waals surface area contributed by atoms with Crippen LogP contribution < -0.4 is 5.14 Å². The fraction of sp³-hybridized carbons (Fsp3) is 0.231. The first kappa shape index (κ1) is 27.6. The maximum Gasteiger partial charge on any atom is 0.285 e. The number of primary sulfonamides is 1. The standard InChI is InChI=1S/C26H25Cl2N5O4S2/c27-20-8-6-19(7-9-20)25-24(18-4-2-1-3-5-18)17-33(30-25)26(32-15-14-23(16-32)38(29,34)35)31-39(36,37)22-12-10-21(28)11-13-22/h1-13,23-24H,14-17H2,(H2,29,34,35)/b31-26-/t23?,24-/m1/s1. The minimum absolute atomic E-state index is 0.00783. The molecule has 0 aromatic heterocycles. The SMILES string of the molecule is NS(=O)(=O)C1CCN(/C(=N/S(=O)(=O)c2ccc(Cl)cc2)N2C[C@H](c3ccccc3)C(c3ccc(Cl)cc3)=N2)C1. The zero-order chi connectivity index (χ0) is 27.8. The second-order valence-corrected chi connectivity index (χ2v) is 13.6. The van der Waals surface area contributed by atoms with Crippen molar-refractivity contribution >= 4 is 54.9 Å². The summed E-state index contributed by atoms with van der Waals surface area (Å²) in [6.45, 7) is 0.522. The third-order valence-electron chi connectivity index (χ3n) is 6.69. The molecule has 2 aliphatic heterocycles. The molecule has 13 heteroatoms. The summed E-state index contributed by atoms with van der Waals surface area (Å²) in [7, 11) is -8.03. The monoisotopic (exact) mass is 605 g/mol. The second kappa shape index (κ2) is 10.9. The van der Waals surface area contributed by atoms with Crippen LogP contribution in [0.5, 0.6) is 0 Å². The molecule has 0 amide bonds. The van der Waals surface area contributed by atoms with Gasteiger partial charge in [0.25, 0.3) is 10.0 Å². The van der Waals surface area contributed by atoms with E-state index in [4.69, 9.17) is 33.4 Å². The number of guanidine groups is 1. The molecule has 1 saturated heterocycles. The Morgan fingerprint density at radius 2 is 1.49 bits per heavy atom. The maximum atomic E-state index is 13.4. The van der Waals surface area contributed by atoms with Crippen molar-refractivity contribution in [2.45, 2.75) is 22.5 Å². The second-order valence-electron chi connectivity index (χ2n) is 9.30. The van der Waals surface area contributed by atoms with Crippen LogP contribution in [0.25, 0.3) is 0 Å². The third-order valence-corrected chi connectivity index (χ3v) is 9.78. The lowest BCUT2D eigenvalue weighted by molar-refractivity contribution is 0.376. The summed E-state index contributed by atoms with van der Waals surface area (Å²) in [6, 6.07) is 22.6. The average Bonchev–Trinajstić information content (AvgIpc) is 3.57. The van der Waals surface area contributed by atoms with Crippen LogP contribution in [0.4, 0.5) is 0 Å². The van der Waals surface area contributed by atoms with Gasteiger partial charge in [-0.1, -0.05) is 65.7 Å². The number of sulfonamides is 2. The molecule has 39 heavy (non-hydrogen) atoms. The van der Waals surface area contributed by atoms with E-state index in [1.54, 1.807) is 17.0 Å². The Labute approximate surface area is 237 Å². The summed E-state index contributed by atoms with van der Waals surface area (Å²) < 4.78 is 55.2. The van der Waals surface area contributed by atoms with Crippen molar-refractivity contribution in [2.75, 3.05) is 19.6 Å². The van der Waals surface area contributed by atoms with E-state index in [1.807, 2.05) is 42.5 Å². The van der Waals surface area contributed by atoms with Crippen LogP contribution in [-0.2, 0) is 20.0 Å². The number of rotatable bonds is 5. The van der Waals surface area contributed by atoms with Gasteiger partial charge in [0.15, 0.2) is 0 Å². The van der Waals surface area contributed by atoms with E-state index in [2.05, 4.69) is 4.40 Å². The van der Waals surface area contributed by atoms with Gasteiger partial charge in [-0.25, -0.2) is 18.6 Å². The highest BCUT2D eigenvalue weighted by Gasteiger charge is 2.39. The quantitative estimate of drug-likeness (QED) is 0.347. The lowest BCUT2D eigenvalue weighted by Gasteiger charge is -2.26. The van der Waals surface area contributed by atoms with Crippen molar-refractivity contribution in [1.82, 2.24) is 9.91 Å². The van der Waals surface area contributed by atoms with E-state index in [-0.39, 0.29) is 42.8 Å². The summed E-state index contributed by atoms with van der Waals surface area (Å²) in [5.74, 6) is -0.187. The van der Waals surface area contributed by atoms with Gasteiger partial charge < -0.3 is 4.90 Å². The average molecular weight is 607 g/mol. The Kier molecular flexibility index (Phi) is 7.71. The predicted molar refractivity (Wildman–Crippen MR) is 153 cm³/mol. The molecule has 0 radical (unpaired) electrons. The van der Waals surface area contributed by atoms with E-state index in [0.29, 0.717) is 15.8 Å². The summed E-state index contributed by atoms with van der Waals surface area (Å²) in [5, 5.41) is 11.9. The molecule has 3 aromatic rings. The smallest absolute Gasteiger partial charge is 0.285 e. The Bertz CT molecular complexity index is 1630. The summed E-state index contributed by atoms with van der Waals surface area (Å²) >= 11 is 12.1. The van der Waals surface area contributed by atoms with Crippen molar-refractivity contribution in [1.29, 1.82) is 0 Å². The van der Waals surface area contributed by atoms with Crippen LogP contribution in [0.3, 0.4) is 0 Å². The van der Waals surface area contributed by atoms with Crippen LogP contribution in [0.15, 0.2) is 93.3 Å². The van der Waals surface area contributed by atoms with E-state index in [1.165, 1.54) is 29.3 Å². The van der Waals surface area contributed by atoms with Gasteiger partial charge in [-0.05, 0) is 53.9 Å².